The number of fused-ring (bicyclic) bond motifs is 7. The van der Waals surface area contributed by atoms with Crippen LogP contribution in [0.4, 0.5) is 17.1 Å². The molecule has 8 aromatic rings. The van der Waals surface area contributed by atoms with Crippen LogP contribution < -0.4 is 4.90 Å². The second-order valence-electron chi connectivity index (χ2n) is 14.5. The molecule has 0 radical (unpaired) electrons. The third-order valence-corrected chi connectivity index (χ3v) is 11.2. The summed E-state index contributed by atoms with van der Waals surface area (Å²) in [5.74, 6) is 0. The molecule has 0 saturated heterocycles. The van der Waals surface area contributed by atoms with E-state index in [1.54, 1.807) is 0 Å². The van der Waals surface area contributed by atoms with E-state index in [0.29, 0.717) is 0 Å². The lowest BCUT2D eigenvalue weighted by atomic mass is 9.82. The fraction of sp³-hybridized carbons (Fsp3) is 0.0588. The van der Waals surface area contributed by atoms with Crippen LogP contribution >= 0.6 is 0 Å². The Bertz CT molecular complexity index is 3100. The first-order chi connectivity index (χ1) is 25.6. The van der Waals surface area contributed by atoms with Crippen molar-refractivity contribution in [2.24, 2.45) is 0 Å². The van der Waals surface area contributed by atoms with Crippen LogP contribution in [0.3, 0.4) is 0 Å². The van der Waals surface area contributed by atoms with Crippen molar-refractivity contribution in [1.82, 2.24) is 0 Å². The van der Waals surface area contributed by atoms with Gasteiger partial charge in [-0.2, -0.15) is 0 Å². The Morgan fingerprint density at radius 3 is 1.42 bits per heavy atom. The first-order valence-corrected chi connectivity index (χ1v) is 18.2. The molecule has 2 aliphatic rings. The molecule has 0 amide bonds. The van der Waals surface area contributed by atoms with Gasteiger partial charge in [0.1, 0.15) is 0 Å². The van der Waals surface area contributed by atoms with Gasteiger partial charge in [-0.15, -0.1) is 0 Å². The molecule has 10 rings (SSSR count). The highest BCUT2D eigenvalue weighted by Crippen LogP contribution is 2.50. The lowest BCUT2D eigenvalue weighted by Crippen LogP contribution is -2.15. The molecule has 0 aliphatic heterocycles. The third-order valence-electron chi connectivity index (χ3n) is 11.2. The van der Waals surface area contributed by atoms with Gasteiger partial charge in [0.25, 0.3) is 0 Å². The molecule has 0 spiro atoms. The first-order valence-electron chi connectivity index (χ1n) is 18.2. The molecule has 0 unspecified atom stereocenters. The van der Waals surface area contributed by atoms with Crippen molar-refractivity contribution in [2.45, 2.75) is 19.3 Å². The van der Waals surface area contributed by atoms with Crippen molar-refractivity contribution in [3.05, 3.63) is 241 Å². The van der Waals surface area contributed by atoms with E-state index in [-0.39, 0.29) is 5.41 Å². The van der Waals surface area contributed by atoms with Gasteiger partial charge in [-0.25, -0.2) is 0 Å². The van der Waals surface area contributed by atoms with Crippen LogP contribution in [0.2, 0.25) is 0 Å². The molecule has 0 atom stereocenters. The highest BCUT2D eigenvalue weighted by Gasteiger charge is 2.35. The maximum Gasteiger partial charge on any atom is 0.0468 e. The number of anilines is 3. The lowest BCUT2D eigenvalue weighted by Gasteiger charge is -2.28. The Labute approximate surface area is 303 Å². The van der Waals surface area contributed by atoms with Crippen LogP contribution in [0, 0.1) is 41.7 Å². The Balaban J connectivity index is 1.31. The molecule has 0 fully saturated rings. The summed E-state index contributed by atoms with van der Waals surface area (Å²) in [5.41, 5.74) is 11.1. The van der Waals surface area contributed by atoms with Crippen molar-refractivity contribution >= 4 is 17.1 Å². The zero-order chi connectivity index (χ0) is 34.8. The van der Waals surface area contributed by atoms with E-state index in [4.69, 9.17) is 0 Å². The van der Waals surface area contributed by atoms with Gasteiger partial charge in [0.15, 0.2) is 0 Å². The second-order valence-corrected chi connectivity index (χ2v) is 14.5. The fourth-order valence-electron chi connectivity index (χ4n) is 8.74. The van der Waals surface area contributed by atoms with E-state index >= 15 is 0 Å². The molecule has 0 bridgehead atoms. The van der Waals surface area contributed by atoms with Gasteiger partial charge in [-0.1, -0.05) is 166 Å². The largest absolute Gasteiger partial charge is 0.310 e. The fourth-order valence-corrected chi connectivity index (χ4v) is 8.74. The molecular formula is C51H37N. The summed E-state index contributed by atoms with van der Waals surface area (Å²) in [4.78, 5) is 2.45. The van der Waals surface area contributed by atoms with Crippen LogP contribution in [-0.4, -0.2) is 0 Å². The van der Waals surface area contributed by atoms with Crippen LogP contribution in [0.5, 0.6) is 0 Å². The van der Waals surface area contributed by atoms with Crippen molar-refractivity contribution in [2.75, 3.05) is 4.90 Å². The van der Waals surface area contributed by atoms with Crippen molar-refractivity contribution in [3.8, 4) is 22.3 Å². The quantitative estimate of drug-likeness (QED) is 0.181. The minimum Gasteiger partial charge on any atom is -0.310 e. The SMILES string of the molecule is CC1(C)c2ccccc2-c2cc(N(c3cccc(-c4ccccc4)c3)c3ccc4c(c3)=c3ccccc3=c3ccccc3=c3ccccc3=4)ccc21. The topological polar surface area (TPSA) is 3.24 Å². The predicted molar refractivity (Wildman–Crippen MR) is 214 cm³/mol. The Kier molecular flexibility index (Phi) is 6.91. The Hall–Kier alpha value is -6.44. The van der Waals surface area contributed by atoms with Crippen LogP contribution in [0.15, 0.2) is 188 Å². The molecule has 52 heavy (non-hydrogen) atoms. The van der Waals surface area contributed by atoms with Gasteiger partial charge in [-0.3, -0.25) is 0 Å². The maximum atomic E-state index is 2.45. The minimum absolute atomic E-state index is 0.0571. The van der Waals surface area contributed by atoms with Gasteiger partial charge in [-0.05, 0) is 112 Å². The van der Waals surface area contributed by atoms with Crippen LogP contribution in [0.25, 0.3) is 22.3 Å². The van der Waals surface area contributed by atoms with Gasteiger partial charge >= 0.3 is 0 Å². The summed E-state index contributed by atoms with van der Waals surface area (Å²) in [6.45, 7) is 4.70. The molecule has 0 saturated carbocycles. The molecule has 1 nitrogen and oxygen atoms in total. The molecule has 0 aromatic heterocycles. The summed E-state index contributed by atoms with van der Waals surface area (Å²) < 4.78 is 0. The van der Waals surface area contributed by atoms with Crippen LogP contribution in [-0.2, 0) is 5.41 Å². The Morgan fingerprint density at radius 2 is 0.769 bits per heavy atom. The first kappa shape index (κ1) is 30.4. The van der Waals surface area contributed by atoms with E-state index in [0.717, 1.165) is 17.1 Å². The average molecular weight is 664 g/mol. The van der Waals surface area contributed by atoms with E-state index < -0.39 is 0 Å². The van der Waals surface area contributed by atoms with Gasteiger partial charge in [0.2, 0.25) is 0 Å². The van der Waals surface area contributed by atoms with Gasteiger partial charge in [0, 0.05) is 22.5 Å². The lowest BCUT2D eigenvalue weighted by molar-refractivity contribution is 0.660. The number of hydrogen-bond acceptors (Lipinski definition) is 1. The number of nitrogens with zero attached hydrogens (tertiary/aromatic N) is 1. The predicted octanol–water partition coefficient (Wildman–Crippen LogP) is 12.6. The van der Waals surface area contributed by atoms with Crippen molar-refractivity contribution < 1.29 is 0 Å². The zero-order valence-corrected chi connectivity index (χ0v) is 29.3. The summed E-state index contributed by atoms with van der Waals surface area (Å²) >= 11 is 0. The van der Waals surface area contributed by atoms with E-state index in [9.17, 15) is 0 Å². The summed E-state index contributed by atoms with van der Waals surface area (Å²) in [6.07, 6.45) is 0. The highest BCUT2D eigenvalue weighted by molar-refractivity contribution is 5.87. The highest BCUT2D eigenvalue weighted by atomic mass is 15.1. The Morgan fingerprint density at radius 1 is 0.308 bits per heavy atom. The molecule has 0 heterocycles. The van der Waals surface area contributed by atoms with Gasteiger partial charge in [0.05, 0.1) is 0 Å². The maximum absolute atomic E-state index is 2.45. The van der Waals surface area contributed by atoms with E-state index in [1.165, 1.54) is 75.1 Å². The monoisotopic (exact) mass is 663 g/mol. The average Bonchev–Trinajstić information content (AvgIpc) is 3.43. The molecular weight excluding hydrogens is 627 g/mol. The zero-order valence-electron chi connectivity index (χ0n) is 29.3. The number of rotatable bonds is 4. The van der Waals surface area contributed by atoms with Crippen molar-refractivity contribution in [3.63, 3.8) is 0 Å². The molecule has 0 N–H and O–H groups in total. The second kappa shape index (κ2) is 11.8. The molecule has 8 aromatic carbocycles. The van der Waals surface area contributed by atoms with E-state index in [1.807, 2.05) is 0 Å². The molecule has 2 aliphatic carbocycles. The molecule has 246 valence electrons. The standard InChI is InChI=1S/C51H37N/c1-51(2)49-26-13-12-25-46(49)48-33-38(28-30-50(48)51)52(36-18-14-17-35(31-36)34-15-4-3-5-16-34)37-27-29-45-43-23-9-8-21-41(43)39-19-6-7-20-40(39)42-22-10-11-24-44(42)47(45)32-37/h3-33H,1-2H3. The summed E-state index contributed by atoms with van der Waals surface area (Å²) in [6, 6.07) is 69.3. The van der Waals surface area contributed by atoms with E-state index in [2.05, 4.69) is 207 Å². The van der Waals surface area contributed by atoms with Gasteiger partial charge < -0.3 is 4.90 Å². The summed E-state index contributed by atoms with van der Waals surface area (Å²) in [5, 5.41) is 9.99. The minimum atomic E-state index is -0.0571. The summed E-state index contributed by atoms with van der Waals surface area (Å²) in [7, 11) is 0. The molecule has 1 heteroatoms. The number of benzene rings is 8. The van der Waals surface area contributed by atoms with Crippen molar-refractivity contribution in [1.29, 1.82) is 0 Å². The number of hydrogen-bond donors (Lipinski definition) is 0. The third kappa shape index (κ3) is 4.70. The smallest absolute Gasteiger partial charge is 0.0468 e. The normalized spacial score (nSPS) is 13.0. The van der Waals surface area contributed by atoms with Crippen LogP contribution in [0.1, 0.15) is 25.0 Å².